The summed E-state index contributed by atoms with van der Waals surface area (Å²) in [6, 6.07) is 9.48. The van der Waals surface area contributed by atoms with Crippen molar-refractivity contribution < 1.29 is 9.50 Å². The summed E-state index contributed by atoms with van der Waals surface area (Å²) in [6.45, 7) is 4.64. The average molecular weight is 221 g/mol. The van der Waals surface area contributed by atoms with Gasteiger partial charge in [-0.2, -0.15) is 0 Å². The summed E-state index contributed by atoms with van der Waals surface area (Å²) in [5.74, 6) is 0. The SMILES string of the molecule is C=C[C@@H]1[C@H](F)[C@@H](O)CN1Cc1ccccc1. The fourth-order valence-electron chi connectivity index (χ4n) is 2.16. The molecule has 1 aromatic carbocycles. The van der Waals surface area contributed by atoms with E-state index in [2.05, 4.69) is 6.58 Å². The molecule has 16 heavy (non-hydrogen) atoms. The third-order valence-electron chi connectivity index (χ3n) is 3.01. The number of aliphatic hydroxyl groups excluding tert-OH is 1. The molecule has 1 heterocycles. The highest BCUT2D eigenvalue weighted by atomic mass is 19.1. The van der Waals surface area contributed by atoms with Gasteiger partial charge >= 0.3 is 0 Å². The molecule has 0 aliphatic carbocycles. The fourth-order valence-corrected chi connectivity index (χ4v) is 2.16. The van der Waals surface area contributed by atoms with Crippen LogP contribution in [0.2, 0.25) is 0 Å². The van der Waals surface area contributed by atoms with Crippen LogP contribution in [-0.2, 0) is 6.54 Å². The van der Waals surface area contributed by atoms with E-state index in [-0.39, 0.29) is 6.04 Å². The lowest BCUT2D eigenvalue weighted by Gasteiger charge is -2.21. The lowest BCUT2D eigenvalue weighted by molar-refractivity contribution is 0.110. The topological polar surface area (TPSA) is 23.5 Å². The maximum absolute atomic E-state index is 13.6. The van der Waals surface area contributed by atoms with E-state index in [1.807, 2.05) is 35.2 Å². The Kier molecular flexibility index (Phi) is 3.36. The van der Waals surface area contributed by atoms with Crippen LogP contribution in [0.4, 0.5) is 4.39 Å². The molecule has 1 saturated heterocycles. The van der Waals surface area contributed by atoms with Gasteiger partial charge in [-0.05, 0) is 5.56 Å². The van der Waals surface area contributed by atoms with E-state index in [1.165, 1.54) is 0 Å². The Hall–Kier alpha value is -1.19. The van der Waals surface area contributed by atoms with E-state index < -0.39 is 12.3 Å². The molecule has 2 rings (SSSR count). The molecule has 1 aliphatic rings. The van der Waals surface area contributed by atoms with Gasteiger partial charge < -0.3 is 5.11 Å². The molecule has 0 unspecified atom stereocenters. The van der Waals surface area contributed by atoms with E-state index in [0.29, 0.717) is 13.1 Å². The van der Waals surface area contributed by atoms with E-state index in [4.69, 9.17) is 0 Å². The highest BCUT2D eigenvalue weighted by Gasteiger charge is 2.39. The predicted octanol–water partition coefficient (Wildman–Crippen LogP) is 1.76. The van der Waals surface area contributed by atoms with Crippen molar-refractivity contribution >= 4 is 0 Å². The molecule has 3 heteroatoms. The van der Waals surface area contributed by atoms with Crippen LogP contribution in [0.15, 0.2) is 43.0 Å². The summed E-state index contributed by atoms with van der Waals surface area (Å²) in [5.41, 5.74) is 1.12. The number of rotatable bonds is 3. The first-order valence-corrected chi connectivity index (χ1v) is 5.45. The molecule has 2 nitrogen and oxygen atoms in total. The number of alkyl halides is 1. The van der Waals surface area contributed by atoms with Crippen molar-refractivity contribution in [3.8, 4) is 0 Å². The van der Waals surface area contributed by atoms with Gasteiger partial charge in [0.05, 0.1) is 12.1 Å². The van der Waals surface area contributed by atoms with Crippen LogP contribution in [0.25, 0.3) is 0 Å². The van der Waals surface area contributed by atoms with Crippen LogP contribution < -0.4 is 0 Å². The predicted molar refractivity (Wildman–Crippen MR) is 61.7 cm³/mol. The second-order valence-corrected chi connectivity index (χ2v) is 4.15. The van der Waals surface area contributed by atoms with Gasteiger partial charge in [0.2, 0.25) is 0 Å². The Morgan fingerprint density at radius 3 is 2.75 bits per heavy atom. The molecular weight excluding hydrogens is 205 g/mol. The first kappa shape index (κ1) is 11.3. The minimum atomic E-state index is -1.22. The Morgan fingerprint density at radius 1 is 1.44 bits per heavy atom. The molecular formula is C13H16FNO. The Bertz CT molecular complexity index is 354. The quantitative estimate of drug-likeness (QED) is 0.786. The van der Waals surface area contributed by atoms with Crippen LogP contribution >= 0.6 is 0 Å². The summed E-state index contributed by atoms with van der Waals surface area (Å²) < 4.78 is 13.6. The normalized spacial score (nSPS) is 30.5. The Balaban J connectivity index is 2.08. The lowest BCUT2D eigenvalue weighted by Crippen LogP contribution is -2.31. The van der Waals surface area contributed by atoms with Gasteiger partial charge in [-0.3, -0.25) is 4.90 Å². The first-order chi connectivity index (χ1) is 7.72. The molecule has 0 radical (unpaired) electrons. The molecule has 0 saturated carbocycles. The molecule has 3 atom stereocenters. The van der Waals surface area contributed by atoms with Gasteiger partial charge in [-0.1, -0.05) is 36.4 Å². The second-order valence-electron chi connectivity index (χ2n) is 4.15. The van der Waals surface area contributed by atoms with Crippen LogP contribution in [0.1, 0.15) is 5.56 Å². The zero-order chi connectivity index (χ0) is 11.5. The van der Waals surface area contributed by atoms with Crippen LogP contribution in [0.5, 0.6) is 0 Å². The molecule has 0 amide bonds. The number of hydrogen-bond donors (Lipinski definition) is 1. The minimum absolute atomic E-state index is 0.368. The highest BCUT2D eigenvalue weighted by Crippen LogP contribution is 2.24. The number of likely N-dealkylation sites (tertiary alicyclic amines) is 1. The summed E-state index contributed by atoms with van der Waals surface area (Å²) in [6.07, 6.45) is -0.544. The van der Waals surface area contributed by atoms with Crippen molar-refractivity contribution in [1.29, 1.82) is 0 Å². The van der Waals surface area contributed by atoms with Gasteiger partial charge in [0, 0.05) is 13.1 Å². The van der Waals surface area contributed by atoms with Crippen molar-refractivity contribution in [3.63, 3.8) is 0 Å². The summed E-state index contributed by atoms with van der Waals surface area (Å²) in [4.78, 5) is 1.91. The summed E-state index contributed by atoms with van der Waals surface area (Å²) in [7, 11) is 0. The van der Waals surface area contributed by atoms with Crippen molar-refractivity contribution in [1.82, 2.24) is 4.90 Å². The van der Waals surface area contributed by atoms with Crippen molar-refractivity contribution in [2.24, 2.45) is 0 Å². The van der Waals surface area contributed by atoms with Crippen molar-refractivity contribution in [2.75, 3.05) is 6.54 Å². The van der Waals surface area contributed by atoms with Crippen molar-refractivity contribution in [2.45, 2.75) is 24.9 Å². The van der Waals surface area contributed by atoms with Crippen molar-refractivity contribution in [3.05, 3.63) is 48.6 Å². The monoisotopic (exact) mass is 221 g/mol. The van der Waals surface area contributed by atoms with E-state index >= 15 is 0 Å². The number of benzene rings is 1. The van der Waals surface area contributed by atoms with E-state index in [9.17, 15) is 9.50 Å². The van der Waals surface area contributed by atoms with Crippen LogP contribution in [-0.4, -0.2) is 34.9 Å². The molecule has 0 bridgehead atoms. The van der Waals surface area contributed by atoms with E-state index in [1.54, 1.807) is 6.08 Å². The number of hydrogen-bond acceptors (Lipinski definition) is 2. The molecule has 0 aromatic heterocycles. The van der Waals surface area contributed by atoms with Gasteiger partial charge in [-0.25, -0.2) is 4.39 Å². The molecule has 1 aromatic rings. The standard InChI is InChI=1S/C13H16FNO/c1-2-11-13(14)12(16)9-15(11)8-10-6-4-3-5-7-10/h2-7,11-13,16H,1,8-9H2/t11-,12+,13+/m1/s1. The maximum atomic E-state index is 13.6. The first-order valence-electron chi connectivity index (χ1n) is 5.45. The number of nitrogens with zero attached hydrogens (tertiary/aromatic N) is 1. The third kappa shape index (κ3) is 2.15. The number of aliphatic hydroxyl groups is 1. The van der Waals surface area contributed by atoms with Gasteiger partial charge in [0.1, 0.15) is 6.17 Å². The van der Waals surface area contributed by atoms with E-state index in [0.717, 1.165) is 5.56 Å². The molecule has 0 spiro atoms. The fraction of sp³-hybridized carbons (Fsp3) is 0.385. The van der Waals surface area contributed by atoms with Gasteiger partial charge in [0.15, 0.2) is 0 Å². The second kappa shape index (κ2) is 4.76. The molecule has 86 valence electrons. The zero-order valence-electron chi connectivity index (χ0n) is 9.09. The third-order valence-corrected chi connectivity index (χ3v) is 3.01. The number of halogens is 1. The minimum Gasteiger partial charge on any atom is -0.389 e. The largest absolute Gasteiger partial charge is 0.389 e. The lowest BCUT2D eigenvalue weighted by atomic mass is 10.1. The summed E-state index contributed by atoms with van der Waals surface area (Å²) >= 11 is 0. The number of β-amino-alcohol motifs (C(OH)–C–C–N with tert-alkyl or cyclic N) is 1. The Labute approximate surface area is 95.0 Å². The van der Waals surface area contributed by atoms with Gasteiger partial charge in [-0.15, -0.1) is 6.58 Å². The highest BCUT2D eigenvalue weighted by molar-refractivity contribution is 5.16. The van der Waals surface area contributed by atoms with Gasteiger partial charge in [0.25, 0.3) is 0 Å². The molecule has 1 fully saturated rings. The smallest absolute Gasteiger partial charge is 0.146 e. The average Bonchev–Trinajstić information content (AvgIpc) is 2.56. The zero-order valence-corrected chi connectivity index (χ0v) is 9.09. The van der Waals surface area contributed by atoms with Crippen LogP contribution in [0, 0.1) is 0 Å². The van der Waals surface area contributed by atoms with Crippen LogP contribution in [0.3, 0.4) is 0 Å². The maximum Gasteiger partial charge on any atom is 0.146 e. The molecule has 1 N–H and O–H groups in total. The Morgan fingerprint density at radius 2 is 2.12 bits per heavy atom. The molecule has 1 aliphatic heterocycles. The summed E-state index contributed by atoms with van der Waals surface area (Å²) in [5, 5.41) is 9.48.